The number of aliphatic hydroxyl groups is 1. The standard InChI is InChI=1S/C25H29Cl2N5O7/c1-28-15-8-9-19(33)31-10-4-7-17(32(31)25(15)37)23(36)30-16(11-20(34)38-2)22(35)24-29-12-18(39-24)21-13(26)5-3-6-14(21)27/h3,5-6,12,15-17,22,28,35H,4,7-11H2,1-2H3,(H,30,36)/t15-,16-,17-,22?/m0/s1. The Morgan fingerprint density at radius 1 is 1.26 bits per heavy atom. The van der Waals surface area contributed by atoms with Crippen molar-refractivity contribution in [3.63, 3.8) is 0 Å². The first-order valence-corrected chi connectivity index (χ1v) is 13.2. The highest BCUT2D eigenvalue weighted by molar-refractivity contribution is 6.39. The molecule has 0 aliphatic carbocycles. The van der Waals surface area contributed by atoms with Gasteiger partial charge < -0.3 is 24.9 Å². The molecule has 3 heterocycles. The van der Waals surface area contributed by atoms with Crippen LogP contribution in [0.15, 0.2) is 28.8 Å². The fourth-order valence-electron chi connectivity index (χ4n) is 4.77. The smallest absolute Gasteiger partial charge is 0.307 e. The lowest BCUT2D eigenvalue weighted by Gasteiger charge is -2.43. The molecule has 2 saturated heterocycles. The molecule has 3 amide bonds. The summed E-state index contributed by atoms with van der Waals surface area (Å²) in [4.78, 5) is 55.8. The van der Waals surface area contributed by atoms with Crippen LogP contribution in [0.25, 0.3) is 11.3 Å². The molecule has 4 atom stereocenters. The van der Waals surface area contributed by atoms with Gasteiger partial charge in [0, 0.05) is 13.0 Å². The van der Waals surface area contributed by atoms with Crippen molar-refractivity contribution in [1.29, 1.82) is 0 Å². The van der Waals surface area contributed by atoms with Gasteiger partial charge in [-0.2, -0.15) is 0 Å². The Balaban J connectivity index is 1.59. The lowest BCUT2D eigenvalue weighted by Crippen LogP contribution is -2.64. The second-order valence-electron chi connectivity index (χ2n) is 9.24. The molecule has 1 aromatic carbocycles. The molecule has 2 aromatic rings. The van der Waals surface area contributed by atoms with Crippen LogP contribution in [-0.4, -0.2) is 82.6 Å². The number of aliphatic hydroxyl groups excluding tert-OH is 1. The summed E-state index contributed by atoms with van der Waals surface area (Å²) in [6.45, 7) is 0.308. The number of aromatic nitrogens is 1. The molecule has 0 bridgehead atoms. The maximum atomic E-state index is 13.5. The van der Waals surface area contributed by atoms with Crippen molar-refractivity contribution in [1.82, 2.24) is 25.6 Å². The molecule has 0 spiro atoms. The monoisotopic (exact) mass is 581 g/mol. The Bertz CT molecular complexity index is 1230. The second-order valence-corrected chi connectivity index (χ2v) is 10.1. The van der Waals surface area contributed by atoms with Crippen LogP contribution < -0.4 is 10.6 Å². The van der Waals surface area contributed by atoms with E-state index in [9.17, 15) is 24.3 Å². The summed E-state index contributed by atoms with van der Waals surface area (Å²) in [6.07, 6.45) is 0.567. The van der Waals surface area contributed by atoms with Crippen molar-refractivity contribution < 1.29 is 33.4 Å². The highest BCUT2D eigenvalue weighted by atomic mass is 35.5. The molecule has 12 nitrogen and oxygen atoms in total. The number of hydrogen-bond donors (Lipinski definition) is 3. The highest BCUT2D eigenvalue weighted by Gasteiger charge is 2.44. The molecule has 1 aromatic heterocycles. The van der Waals surface area contributed by atoms with Crippen molar-refractivity contribution >= 4 is 46.9 Å². The van der Waals surface area contributed by atoms with E-state index < -0.39 is 48.4 Å². The van der Waals surface area contributed by atoms with Crippen LogP contribution in [0.3, 0.4) is 0 Å². The van der Waals surface area contributed by atoms with Gasteiger partial charge in [-0.25, -0.2) is 9.99 Å². The number of likely N-dealkylation sites (N-methyl/N-ethyl adjacent to an activating group) is 1. The topological polar surface area (TPSA) is 154 Å². The lowest BCUT2D eigenvalue weighted by atomic mass is 10.0. The van der Waals surface area contributed by atoms with Crippen molar-refractivity contribution in [3.8, 4) is 11.3 Å². The molecular weight excluding hydrogens is 553 g/mol. The summed E-state index contributed by atoms with van der Waals surface area (Å²) in [7, 11) is 2.79. The van der Waals surface area contributed by atoms with Crippen molar-refractivity contribution in [2.24, 2.45) is 0 Å². The summed E-state index contributed by atoms with van der Waals surface area (Å²) in [5, 5.41) is 19.8. The van der Waals surface area contributed by atoms with E-state index in [4.69, 9.17) is 32.4 Å². The van der Waals surface area contributed by atoms with Crippen LogP contribution in [0.2, 0.25) is 10.0 Å². The van der Waals surface area contributed by atoms with E-state index in [-0.39, 0.29) is 30.4 Å². The van der Waals surface area contributed by atoms with Gasteiger partial charge in [0.1, 0.15) is 6.04 Å². The second kappa shape index (κ2) is 12.3. The van der Waals surface area contributed by atoms with E-state index in [0.29, 0.717) is 35.0 Å². The maximum absolute atomic E-state index is 13.5. The molecule has 4 rings (SSSR count). The average Bonchev–Trinajstić information content (AvgIpc) is 3.36. The maximum Gasteiger partial charge on any atom is 0.307 e. The van der Waals surface area contributed by atoms with E-state index in [2.05, 4.69) is 15.6 Å². The number of amides is 3. The minimum absolute atomic E-state index is 0.160. The van der Waals surface area contributed by atoms with Gasteiger partial charge in [-0.15, -0.1) is 0 Å². The SMILES string of the molecule is CN[C@H]1CCC(=O)N2CCC[C@@H](C(=O)N[C@@H](CC(=O)OC)C(O)c3ncc(-c4c(Cl)cccc4Cl)o3)N2C1=O. The summed E-state index contributed by atoms with van der Waals surface area (Å²) < 4.78 is 10.5. The summed E-state index contributed by atoms with van der Waals surface area (Å²) in [5.74, 6) is -2.03. The first-order valence-electron chi connectivity index (χ1n) is 12.4. The summed E-state index contributed by atoms with van der Waals surface area (Å²) in [6, 6.07) is 2.00. The number of nitrogens with one attached hydrogen (secondary N) is 2. The number of fused-ring (bicyclic) bond motifs is 1. The summed E-state index contributed by atoms with van der Waals surface area (Å²) in [5.41, 5.74) is 0.367. The number of methoxy groups -OCH3 is 1. The van der Waals surface area contributed by atoms with Crippen LogP contribution in [0.5, 0.6) is 0 Å². The molecular formula is C25H29Cl2N5O7. The predicted octanol–water partition coefficient (Wildman–Crippen LogP) is 1.85. The first-order chi connectivity index (χ1) is 18.7. The fourth-order valence-corrected chi connectivity index (χ4v) is 5.35. The first kappa shape index (κ1) is 28.8. The number of halogens is 2. The Hall–Kier alpha value is -3.19. The minimum Gasteiger partial charge on any atom is -0.469 e. The van der Waals surface area contributed by atoms with E-state index in [1.165, 1.54) is 23.3 Å². The number of carbonyl (C=O) groups is 4. The largest absolute Gasteiger partial charge is 0.469 e. The fraction of sp³-hybridized carbons (Fsp3) is 0.480. The number of ether oxygens (including phenoxy) is 1. The van der Waals surface area contributed by atoms with Gasteiger partial charge in [0.05, 0.1) is 47.4 Å². The average molecular weight is 582 g/mol. The van der Waals surface area contributed by atoms with E-state index >= 15 is 0 Å². The summed E-state index contributed by atoms with van der Waals surface area (Å²) >= 11 is 12.5. The number of rotatable bonds is 8. The van der Waals surface area contributed by atoms with E-state index in [0.717, 1.165) is 0 Å². The van der Waals surface area contributed by atoms with Gasteiger partial charge in [0.15, 0.2) is 11.9 Å². The molecule has 3 N–H and O–H groups in total. The zero-order chi connectivity index (χ0) is 28.3. The van der Waals surface area contributed by atoms with Gasteiger partial charge in [-0.05, 0) is 38.4 Å². The Kier molecular flexibility index (Phi) is 9.11. The third-order valence-electron chi connectivity index (χ3n) is 6.82. The molecule has 1 unspecified atom stereocenters. The number of nitrogens with zero attached hydrogens (tertiary/aromatic N) is 3. The van der Waals surface area contributed by atoms with Crippen LogP contribution in [0, 0.1) is 0 Å². The van der Waals surface area contributed by atoms with E-state index in [1.54, 1.807) is 25.2 Å². The van der Waals surface area contributed by atoms with Crippen LogP contribution >= 0.6 is 23.2 Å². The predicted molar refractivity (Wildman–Crippen MR) is 139 cm³/mol. The van der Waals surface area contributed by atoms with Gasteiger partial charge in [-0.3, -0.25) is 24.2 Å². The molecule has 0 saturated carbocycles. The third-order valence-corrected chi connectivity index (χ3v) is 7.45. The van der Waals surface area contributed by atoms with Crippen molar-refractivity contribution in [2.75, 3.05) is 20.7 Å². The van der Waals surface area contributed by atoms with Crippen molar-refractivity contribution in [3.05, 3.63) is 40.3 Å². The number of carbonyl (C=O) groups excluding carboxylic acids is 4. The molecule has 2 aliphatic rings. The molecule has 210 valence electrons. The Morgan fingerprint density at radius 2 is 1.97 bits per heavy atom. The lowest BCUT2D eigenvalue weighted by molar-refractivity contribution is -0.176. The van der Waals surface area contributed by atoms with Crippen LogP contribution in [0.1, 0.15) is 44.1 Å². The number of hydrogen-bond acceptors (Lipinski definition) is 9. The Morgan fingerprint density at radius 3 is 2.64 bits per heavy atom. The van der Waals surface area contributed by atoms with E-state index in [1.807, 2.05) is 0 Å². The molecule has 39 heavy (non-hydrogen) atoms. The minimum atomic E-state index is -1.57. The van der Waals surface area contributed by atoms with Crippen LogP contribution in [-0.2, 0) is 23.9 Å². The van der Waals surface area contributed by atoms with Crippen LogP contribution in [0.4, 0.5) is 0 Å². The zero-order valence-corrected chi connectivity index (χ0v) is 22.9. The number of esters is 1. The molecule has 2 fully saturated rings. The molecule has 2 aliphatic heterocycles. The molecule has 0 radical (unpaired) electrons. The van der Waals surface area contributed by atoms with Crippen molar-refractivity contribution in [2.45, 2.75) is 56.3 Å². The Labute approximate surface area is 234 Å². The quantitative estimate of drug-likeness (QED) is 0.396. The highest BCUT2D eigenvalue weighted by Crippen LogP contribution is 2.36. The molecule has 14 heteroatoms. The zero-order valence-electron chi connectivity index (χ0n) is 21.4. The third kappa shape index (κ3) is 6.03. The number of benzene rings is 1. The van der Waals surface area contributed by atoms with Gasteiger partial charge in [-0.1, -0.05) is 29.3 Å². The number of oxazole rings is 1. The van der Waals surface area contributed by atoms with Gasteiger partial charge in [0.25, 0.3) is 5.91 Å². The normalized spacial score (nSPS) is 21.2. The number of hydrazine groups is 1. The van der Waals surface area contributed by atoms with Gasteiger partial charge in [0.2, 0.25) is 17.7 Å². The van der Waals surface area contributed by atoms with Gasteiger partial charge >= 0.3 is 5.97 Å².